The second-order valence-electron chi connectivity index (χ2n) is 6.36. The minimum absolute atomic E-state index is 0.00284. The van der Waals surface area contributed by atoms with E-state index in [2.05, 4.69) is 10.6 Å². The van der Waals surface area contributed by atoms with E-state index in [1.54, 1.807) is 18.2 Å². The van der Waals surface area contributed by atoms with Gasteiger partial charge in [0.25, 0.3) is 5.91 Å². The van der Waals surface area contributed by atoms with E-state index in [0.29, 0.717) is 22.0 Å². The van der Waals surface area contributed by atoms with E-state index in [0.717, 1.165) is 12.1 Å². The molecule has 156 valence electrons. The predicted molar refractivity (Wildman–Crippen MR) is 111 cm³/mol. The largest absolute Gasteiger partial charge is 0.507 e. The fourth-order valence-corrected chi connectivity index (χ4v) is 3.02. The number of rotatable bonds is 5. The van der Waals surface area contributed by atoms with E-state index in [1.165, 1.54) is 30.3 Å². The standard InChI is InChI=1S/C21H15Cl2F3N2O2/c22-14-5-8-19(29)16(9-14)20(30)28-18-7-6-15(10-17(18)23)27-11-12-1-3-13(4-2-12)21(24,25)26/h1-10,27,29H,11H2,(H,28,30). The molecular formula is C21H15Cl2F3N2O2. The summed E-state index contributed by atoms with van der Waals surface area (Å²) in [6.45, 7) is 0.288. The maximum absolute atomic E-state index is 12.6. The first-order chi connectivity index (χ1) is 14.1. The maximum Gasteiger partial charge on any atom is 0.416 e. The highest BCUT2D eigenvalue weighted by molar-refractivity contribution is 6.34. The third kappa shape index (κ3) is 5.37. The minimum Gasteiger partial charge on any atom is -0.507 e. The van der Waals surface area contributed by atoms with Gasteiger partial charge in [-0.05, 0) is 54.1 Å². The van der Waals surface area contributed by atoms with E-state index >= 15 is 0 Å². The van der Waals surface area contributed by atoms with E-state index in [1.807, 2.05) is 0 Å². The molecule has 0 heterocycles. The van der Waals surface area contributed by atoms with Crippen molar-refractivity contribution in [2.75, 3.05) is 10.6 Å². The molecule has 0 unspecified atom stereocenters. The van der Waals surface area contributed by atoms with Crippen molar-refractivity contribution >= 4 is 40.5 Å². The zero-order valence-electron chi connectivity index (χ0n) is 15.2. The zero-order chi connectivity index (χ0) is 21.9. The van der Waals surface area contributed by atoms with Crippen LogP contribution in [0, 0.1) is 0 Å². The Labute approximate surface area is 180 Å². The van der Waals surface area contributed by atoms with Gasteiger partial charge in [-0.1, -0.05) is 35.3 Å². The number of hydrogen-bond donors (Lipinski definition) is 3. The molecule has 0 saturated carbocycles. The first kappa shape index (κ1) is 21.8. The van der Waals surface area contributed by atoms with Crippen molar-refractivity contribution in [1.29, 1.82) is 0 Å². The Kier molecular flexibility index (Phi) is 6.43. The molecule has 4 nitrogen and oxygen atoms in total. The molecule has 3 aromatic carbocycles. The van der Waals surface area contributed by atoms with Crippen molar-refractivity contribution in [2.45, 2.75) is 12.7 Å². The van der Waals surface area contributed by atoms with Crippen LogP contribution in [0.25, 0.3) is 0 Å². The molecule has 0 spiro atoms. The molecule has 9 heteroatoms. The Hall–Kier alpha value is -2.90. The fourth-order valence-electron chi connectivity index (χ4n) is 2.62. The molecule has 3 aromatic rings. The summed E-state index contributed by atoms with van der Waals surface area (Å²) >= 11 is 12.1. The van der Waals surface area contributed by atoms with Gasteiger partial charge in [-0.15, -0.1) is 0 Å². The second kappa shape index (κ2) is 8.85. The topological polar surface area (TPSA) is 61.4 Å². The van der Waals surface area contributed by atoms with Gasteiger partial charge in [-0.3, -0.25) is 4.79 Å². The van der Waals surface area contributed by atoms with Crippen molar-refractivity contribution < 1.29 is 23.1 Å². The lowest BCUT2D eigenvalue weighted by molar-refractivity contribution is -0.137. The molecule has 0 radical (unpaired) electrons. The molecule has 0 fully saturated rings. The number of benzene rings is 3. The number of carbonyl (C=O) groups excluding carboxylic acids is 1. The highest BCUT2D eigenvalue weighted by Gasteiger charge is 2.29. The van der Waals surface area contributed by atoms with Gasteiger partial charge in [-0.25, -0.2) is 0 Å². The second-order valence-corrected chi connectivity index (χ2v) is 7.20. The number of alkyl halides is 3. The van der Waals surface area contributed by atoms with Crippen LogP contribution in [0.15, 0.2) is 60.7 Å². The average molecular weight is 455 g/mol. The van der Waals surface area contributed by atoms with Gasteiger partial charge in [0.15, 0.2) is 0 Å². The summed E-state index contributed by atoms with van der Waals surface area (Å²) in [4.78, 5) is 12.3. The van der Waals surface area contributed by atoms with Gasteiger partial charge in [0.2, 0.25) is 0 Å². The Morgan fingerprint density at radius 1 is 0.967 bits per heavy atom. The summed E-state index contributed by atoms with van der Waals surface area (Å²) < 4.78 is 37.8. The molecule has 1 amide bonds. The number of phenols is 1. The molecule has 3 rings (SSSR count). The summed E-state index contributed by atoms with van der Waals surface area (Å²) in [6.07, 6.45) is -4.37. The van der Waals surface area contributed by atoms with E-state index in [-0.39, 0.29) is 22.9 Å². The summed E-state index contributed by atoms with van der Waals surface area (Å²) in [5.41, 5.74) is 0.890. The van der Waals surface area contributed by atoms with Crippen LogP contribution in [0.5, 0.6) is 5.75 Å². The Morgan fingerprint density at radius 3 is 2.30 bits per heavy atom. The summed E-state index contributed by atoms with van der Waals surface area (Å²) in [5, 5.41) is 16.0. The van der Waals surface area contributed by atoms with E-state index < -0.39 is 17.6 Å². The fraction of sp³-hybridized carbons (Fsp3) is 0.0952. The van der Waals surface area contributed by atoms with Crippen LogP contribution >= 0.6 is 23.2 Å². The molecule has 0 aromatic heterocycles. The van der Waals surface area contributed by atoms with Crippen LogP contribution in [0.4, 0.5) is 24.5 Å². The van der Waals surface area contributed by atoms with Crippen molar-refractivity contribution in [3.63, 3.8) is 0 Å². The number of hydrogen-bond acceptors (Lipinski definition) is 3. The van der Waals surface area contributed by atoms with Crippen LogP contribution in [0.1, 0.15) is 21.5 Å². The van der Waals surface area contributed by atoms with E-state index in [4.69, 9.17) is 23.2 Å². The van der Waals surface area contributed by atoms with Gasteiger partial charge in [0.05, 0.1) is 21.8 Å². The number of carbonyl (C=O) groups is 1. The molecule has 0 saturated heterocycles. The third-order valence-electron chi connectivity index (χ3n) is 4.20. The lowest BCUT2D eigenvalue weighted by Crippen LogP contribution is -2.12. The lowest BCUT2D eigenvalue weighted by Gasteiger charge is -2.12. The number of phenolic OH excluding ortho intramolecular Hbond substituents is 1. The predicted octanol–water partition coefficient (Wildman–Crippen LogP) is 6.58. The molecule has 0 bridgehead atoms. The molecule has 0 aliphatic rings. The first-order valence-corrected chi connectivity index (χ1v) is 9.38. The van der Waals surface area contributed by atoms with Crippen LogP contribution in [0.2, 0.25) is 10.0 Å². The number of nitrogens with one attached hydrogen (secondary N) is 2. The summed E-state index contributed by atoms with van der Waals surface area (Å²) in [6, 6.07) is 13.7. The van der Waals surface area contributed by atoms with Crippen LogP contribution in [-0.2, 0) is 12.7 Å². The minimum atomic E-state index is -4.37. The quantitative estimate of drug-likeness (QED) is 0.407. The molecule has 0 aliphatic heterocycles. The first-order valence-electron chi connectivity index (χ1n) is 8.63. The van der Waals surface area contributed by atoms with Gasteiger partial charge in [0, 0.05) is 17.3 Å². The third-order valence-corrected chi connectivity index (χ3v) is 4.75. The van der Waals surface area contributed by atoms with Crippen molar-refractivity contribution in [3.8, 4) is 5.75 Å². The monoisotopic (exact) mass is 454 g/mol. The Bertz CT molecular complexity index is 1070. The average Bonchev–Trinajstić information content (AvgIpc) is 2.69. The SMILES string of the molecule is O=C(Nc1ccc(NCc2ccc(C(F)(F)F)cc2)cc1Cl)c1cc(Cl)ccc1O. The van der Waals surface area contributed by atoms with Gasteiger partial charge in [0.1, 0.15) is 5.75 Å². The number of aromatic hydroxyl groups is 1. The number of anilines is 2. The molecular weight excluding hydrogens is 440 g/mol. The molecule has 30 heavy (non-hydrogen) atoms. The zero-order valence-corrected chi connectivity index (χ0v) is 16.7. The van der Waals surface area contributed by atoms with Crippen molar-refractivity contribution in [3.05, 3.63) is 87.4 Å². The van der Waals surface area contributed by atoms with Crippen molar-refractivity contribution in [1.82, 2.24) is 0 Å². The highest BCUT2D eigenvalue weighted by atomic mass is 35.5. The summed E-state index contributed by atoms with van der Waals surface area (Å²) in [7, 11) is 0. The lowest BCUT2D eigenvalue weighted by atomic mass is 10.1. The Morgan fingerprint density at radius 2 is 1.67 bits per heavy atom. The molecule has 0 aliphatic carbocycles. The normalized spacial score (nSPS) is 11.2. The highest BCUT2D eigenvalue weighted by Crippen LogP contribution is 2.30. The van der Waals surface area contributed by atoms with Crippen LogP contribution < -0.4 is 10.6 Å². The van der Waals surface area contributed by atoms with Crippen LogP contribution in [-0.4, -0.2) is 11.0 Å². The van der Waals surface area contributed by atoms with Crippen molar-refractivity contribution in [2.24, 2.45) is 0 Å². The van der Waals surface area contributed by atoms with Crippen LogP contribution in [0.3, 0.4) is 0 Å². The number of amides is 1. The van der Waals surface area contributed by atoms with Gasteiger partial charge >= 0.3 is 6.18 Å². The molecule has 3 N–H and O–H groups in total. The maximum atomic E-state index is 12.6. The smallest absolute Gasteiger partial charge is 0.416 e. The number of halogens is 5. The summed E-state index contributed by atoms with van der Waals surface area (Å²) in [5.74, 6) is -0.801. The van der Waals surface area contributed by atoms with Gasteiger partial charge in [-0.2, -0.15) is 13.2 Å². The van der Waals surface area contributed by atoms with Gasteiger partial charge < -0.3 is 15.7 Å². The molecule has 0 atom stereocenters. The van der Waals surface area contributed by atoms with E-state index in [9.17, 15) is 23.1 Å². The Balaban J connectivity index is 1.65.